The minimum Gasteiger partial charge on any atom is -0.335 e. The van der Waals surface area contributed by atoms with Crippen molar-refractivity contribution < 1.29 is 9.59 Å². The predicted molar refractivity (Wildman–Crippen MR) is 141 cm³/mol. The molecule has 0 aliphatic heterocycles. The summed E-state index contributed by atoms with van der Waals surface area (Å²) < 4.78 is 0. The van der Waals surface area contributed by atoms with Crippen LogP contribution in [0, 0.1) is 0 Å². The van der Waals surface area contributed by atoms with Crippen molar-refractivity contribution >= 4 is 29.4 Å². The Morgan fingerprint density at radius 2 is 1.20 bits per heavy atom. The minimum atomic E-state index is -0.511. The van der Waals surface area contributed by atoms with Crippen molar-refractivity contribution in [1.82, 2.24) is 16.0 Å². The third-order valence-electron chi connectivity index (χ3n) is 6.27. The molecular weight excluding hydrogens is 460 g/mol. The Bertz CT molecular complexity index is 1090. The molecular formula is C28H31ClN4O2. The van der Waals surface area contributed by atoms with Crippen LogP contribution in [0.15, 0.2) is 84.9 Å². The van der Waals surface area contributed by atoms with Crippen molar-refractivity contribution in [2.24, 2.45) is 0 Å². The third kappa shape index (κ3) is 7.23. The van der Waals surface area contributed by atoms with Gasteiger partial charge in [0, 0.05) is 16.8 Å². The number of rotatable bonds is 7. The quantitative estimate of drug-likeness (QED) is 0.302. The molecule has 0 unspecified atom stereocenters. The van der Waals surface area contributed by atoms with Gasteiger partial charge in [-0.05, 0) is 48.2 Å². The van der Waals surface area contributed by atoms with Crippen LogP contribution in [0.25, 0.3) is 0 Å². The molecule has 182 valence electrons. The average molecular weight is 491 g/mol. The second-order valence-corrected chi connectivity index (χ2v) is 9.27. The van der Waals surface area contributed by atoms with E-state index in [0.717, 1.165) is 36.8 Å². The molecule has 1 saturated carbocycles. The molecule has 3 aromatic carbocycles. The minimum absolute atomic E-state index is 0.177. The van der Waals surface area contributed by atoms with Crippen LogP contribution in [0.3, 0.4) is 0 Å². The van der Waals surface area contributed by atoms with Crippen LogP contribution in [0.4, 0.5) is 15.3 Å². The van der Waals surface area contributed by atoms with Crippen LogP contribution >= 0.6 is 11.6 Å². The summed E-state index contributed by atoms with van der Waals surface area (Å²) in [5.41, 5.74) is 2.40. The van der Waals surface area contributed by atoms with Gasteiger partial charge in [0.25, 0.3) is 0 Å². The van der Waals surface area contributed by atoms with E-state index in [1.807, 2.05) is 60.7 Å². The summed E-state index contributed by atoms with van der Waals surface area (Å²) in [7, 11) is 0. The summed E-state index contributed by atoms with van der Waals surface area (Å²) in [5.74, 6) is 0. The van der Waals surface area contributed by atoms with E-state index in [0.29, 0.717) is 10.7 Å². The zero-order chi connectivity index (χ0) is 24.5. The van der Waals surface area contributed by atoms with Gasteiger partial charge in [-0.15, -0.1) is 0 Å². The van der Waals surface area contributed by atoms with Gasteiger partial charge in [0.05, 0.1) is 12.1 Å². The van der Waals surface area contributed by atoms with Crippen LogP contribution in [-0.4, -0.2) is 18.1 Å². The van der Waals surface area contributed by atoms with Crippen molar-refractivity contribution in [2.75, 3.05) is 5.32 Å². The van der Waals surface area contributed by atoms with Gasteiger partial charge in [0.1, 0.15) is 0 Å². The second kappa shape index (κ2) is 12.3. The highest BCUT2D eigenvalue weighted by Crippen LogP contribution is 2.29. The predicted octanol–water partition coefficient (Wildman–Crippen LogP) is 6.58. The zero-order valence-electron chi connectivity index (χ0n) is 19.5. The summed E-state index contributed by atoms with van der Waals surface area (Å²) in [6.45, 7) is 0. The van der Waals surface area contributed by atoms with Gasteiger partial charge in [0.2, 0.25) is 0 Å². The number of carbonyl (C=O) groups is 2. The maximum atomic E-state index is 13.1. The van der Waals surface area contributed by atoms with Crippen molar-refractivity contribution in [2.45, 2.75) is 50.2 Å². The lowest BCUT2D eigenvalue weighted by Crippen LogP contribution is -2.48. The molecule has 1 fully saturated rings. The Labute approximate surface area is 211 Å². The summed E-state index contributed by atoms with van der Waals surface area (Å²) in [5, 5.41) is 12.8. The molecule has 35 heavy (non-hydrogen) atoms. The molecule has 0 spiro atoms. The first-order valence-electron chi connectivity index (χ1n) is 12.1. The Kier molecular flexibility index (Phi) is 8.63. The van der Waals surface area contributed by atoms with E-state index in [-0.39, 0.29) is 18.1 Å². The van der Waals surface area contributed by atoms with Crippen LogP contribution in [-0.2, 0) is 0 Å². The van der Waals surface area contributed by atoms with Crippen molar-refractivity contribution in [3.8, 4) is 0 Å². The normalized spacial score (nSPS) is 15.5. The van der Waals surface area contributed by atoms with Gasteiger partial charge in [0.15, 0.2) is 0 Å². The molecule has 7 heteroatoms. The van der Waals surface area contributed by atoms with Gasteiger partial charge >= 0.3 is 12.1 Å². The molecule has 4 N–H and O–H groups in total. The molecule has 4 amide bonds. The highest BCUT2D eigenvalue weighted by molar-refractivity contribution is 6.30. The highest BCUT2D eigenvalue weighted by Gasteiger charge is 2.29. The van der Waals surface area contributed by atoms with Crippen molar-refractivity contribution in [3.05, 3.63) is 101 Å². The maximum Gasteiger partial charge on any atom is 0.319 e. The Hall–Kier alpha value is -3.51. The first kappa shape index (κ1) is 24.6. The summed E-state index contributed by atoms with van der Waals surface area (Å²) >= 11 is 5.97. The molecule has 3 aromatic rings. The molecule has 6 nitrogen and oxygen atoms in total. The number of anilines is 1. The molecule has 2 atom stereocenters. The average Bonchev–Trinajstić information content (AvgIpc) is 2.89. The lowest BCUT2D eigenvalue weighted by molar-refractivity contribution is 0.222. The molecule has 0 saturated heterocycles. The highest BCUT2D eigenvalue weighted by atomic mass is 35.5. The summed E-state index contributed by atoms with van der Waals surface area (Å²) in [6, 6.07) is 24.9. The van der Waals surface area contributed by atoms with E-state index in [1.54, 1.807) is 24.3 Å². The number of urea groups is 2. The maximum absolute atomic E-state index is 13.1. The standard InChI is InChI=1S/C28H31ClN4O2/c29-22-16-18-24(19-17-22)31-28(35)33-26(21-12-6-2-7-13-21)25(20-10-4-1-5-11-20)32-27(34)30-23-14-8-3-9-15-23/h1-2,4-7,10-13,16-19,23,25-26H,3,8-9,14-15H2,(H2,30,32,34)(H2,31,33,35)/t25-,26-/m0/s1. The monoisotopic (exact) mass is 490 g/mol. The number of halogens is 1. The molecule has 1 aliphatic rings. The first-order chi connectivity index (χ1) is 17.1. The van der Waals surface area contributed by atoms with Gasteiger partial charge in [-0.25, -0.2) is 9.59 Å². The van der Waals surface area contributed by atoms with Crippen LogP contribution in [0.5, 0.6) is 0 Å². The van der Waals surface area contributed by atoms with Crippen molar-refractivity contribution in [3.63, 3.8) is 0 Å². The Morgan fingerprint density at radius 3 is 1.74 bits per heavy atom. The number of carbonyl (C=O) groups excluding carboxylic acids is 2. The lowest BCUT2D eigenvalue weighted by Gasteiger charge is -2.31. The van der Waals surface area contributed by atoms with Crippen LogP contribution < -0.4 is 21.3 Å². The molecule has 4 rings (SSSR count). The van der Waals surface area contributed by atoms with Crippen LogP contribution in [0.2, 0.25) is 5.02 Å². The molecule has 0 bridgehead atoms. The van der Waals surface area contributed by atoms with Crippen LogP contribution in [0.1, 0.15) is 55.3 Å². The van der Waals surface area contributed by atoms with Gasteiger partial charge in [-0.2, -0.15) is 0 Å². The van der Waals surface area contributed by atoms with E-state index in [9.17, 15) is 9.59 Å². The fraction of sp³-hybridized carbons (Fsp3) is 0.286. The molecule has 0 heterocycles. The number of hydrogen-bond acceptors (Lipinski definition) is 2. The largest absolute Gasteiger partial charge is 0.335 e. The van der Waals surface area contributed by atoms with E-state index < -0.39 is 12.1 Å². The van der Waals surface area contributed by atoms with E-state index in [1.165, 1.54) is 6.42 Å². The SMILES string of the molecule is O=C(Nc1ccc(Cl)cc1)N[C@@H](c1ccccc1)[C@@H](NC(=O)NC1CCCCC1)c1ccccc1. The van der Waals surface area contributed by atoms with Gasteiger partial charge in [-0.3, -0.25) is 0 Å². The molecule has 0 aromatic heterocycles. The molecule has 0 radical (unpaired) electrons. The smallest absolute Gasteiger partial charge is 0.319 e. The Balaban J connectivity index is 1.57. The van der Waals surface area contributed by atoms with E-state index in [4.69, 9.17) is 11.6 Å². The number of nitrogens with one attached hydrogen (secondary N) is 4. The number of hydrogen-bond donors (Lipinski definition) is 4. The second-order valence-electron chi connectivity index (χ2n) is 8.83. The fourth-order valence-corrected chi connectivity index (χ4v) is 4.62. The molecule has 1 aliphatic carbocycles. The summed E-state index contributed by atoms with van der Waals surface area (Å²) in [4.78, 5) is 26.1. The van der Waals surface area contributed by atoms with Gasteiger partial charge in [-0.1, -0.05) is 91.5 Å². The lowest BCUT2D eigenvalue weighted by atomic mass is 9.93. The van der Waals surface area contributed by atoms with Crippen molar-refractivity contribution in [1.29, 1.82) is 0 Å². The Morgan fingerprint density at radius 1 is 0.686 bits per heavy atom. The zero-order valence-corrected chi connectivity index (χ0v) is 20.3. The van der Waals surface area contributed by atoms with E-state index in [2.05, 4.69) is 21.3 Å². The topological polar surface area (TPSA) is 82.3 Å². The van der Waals surface area contributed by atoms with E-state index >= 15 is 0 Å². The number of amides is 4. The first-order valence-corrected chi connectivity index (χ1v) is 12.5. The van der Waals surface area contributed by atoms with Gasteiger partial charge < -0.3 is 21.3 Å². The third-order valence-corrected chi connectivity index (χ3v) is 6.52. The fourth-order valence-electron chi connectivity index (χ4n) is 4.50. The number of benzene rings is 3. The summed E-state index contributed by atoms with van der Waals surface area (Å²) in [6.07, 6.45) is 5.47.